The normalized spacial score (nSPS) is 21.8. The van der Waals surface area contributed by atoms with Gasteiger partial charge >= 0.3 is 6.18 Å². The van der Waals surface area contributed by atoms with Crippen LogP contribution in [0.3, 0.4) is 0 Å². The van der Waals surface area contributed by atoms with Crippen molar-refractivity contribution in [3.05, 3.63) is 68.2 Å². The average Bonchev–Trinajstić information content (AvgIpc) is 3.34. The molecule has 0 spiro atoms. The number of nitrogens with zero attached hydrogens (tertiary/aromatic N) is 1. The monoisotopic (exact) mass is 504 g/mol. The minimum Gasteiger partial charge on any atom is -0.374 e. The Morgan fingerprint density at radius 1 is 1.09 bits per heavy atom. The number of alkyl halides is 3. The van der Waals surface area contributed by atoms with Gasteiger partial charge in [0.05, 0.1) is 5.71 Å². The molecule has 1 amide bonds. The first-order valence-electron chi connectivity index (χ1n) is 9.83. The minimum absolute atomic E-state index is 0.0602. The zero-order valence-electron chi connectivity index (χ0n) is 16.6. The summed E-state index contributed by atoms with van der Waals surface area (Å²) in [5.41, 5.74) is 3.35. The van der Waals surface area contributed by atoms with E-state index in [1.165, 1.54) is 18.2 Å². The van der Waals surface area contributed by atoms with Crippen molar-refractivity contribution in [2.75, 3.05) is 0 Å². The van der Waals surface area contributed by atoms with E-state index in [-0.39, 0.29) is 27.2 Å². The van der Waals surface area contributed by atoms with Crippen molar-refractivity contribution in [3.63, 3.8) is 0 Å². The topological polar surface area (TPSA) is 64.7 Å². The van der Waals surface area contributed by atoms with E-state index < -0.39 is 23.6 Å². The minimum atomic E-state index is -4.77. The number of hydrogen-bond donors (Lipinski definition) is 1. The second kappa shape index (κ2) is 8.12. The first kappa shape index (κ1) is 23.2. The fourth-order valence-corrected chi connectivity index (χ4v) is 4.72. The molecule has 2 aromatic carbocycles. The van der Waals surface area contributed by atoms with Crippen molar-refractivity contribution < 1.29 is 22.8 Å². The SMILES string of the molecule is NC(=O)C1(CCc2ccc(C3=NOC(c4cc(Cl)cc(Cl)c4)(C(F)(F)F)C3)cc2Cl)CC1. The van der Waals surface area contributed by atoms with Crippen LogP contribution in [0.4, 0.5) is 13.2 Å². The van der Waals surface area contributed by atoms with Gasteiger partial charge in [0.1, 0.15) is 0 Å². The van der Waals surface area contributed by atoms with E-state index in [2.05, 4.69) is 5.16 Å². The molecule has 10 heteroatoms. The van der Waals surface area contributed by atoms with Crippen LogP contribution in [0.15, 0.2) is 41.6 Å². The van der Waals surface area contributed by atoms with Gasteiger partial charge in [-0.25, -0.2) is 0 Å². The fraction of sp³-hybridized carbons (Fsp3) is 0.364. The predicted molar refractivity (Wildman–Crippen MR) is 117 cm³/mol. The number of amides is 1. The molecular weight excluding hydrogens is 488 g/mol. The van der Waals surface area contributed by atoms with Crippen LogP contribution in [0.1, 0.15) is 42.4 Å². The van der Waals surface area contributed by atoms with Crippen LogP contribution in [-0.2, 0) is 21.7 Å². The summed E-state index contributed by atoms with van der Waals surface area (Å²) in [6.45, 7) is 0. The molecule has 0 radical (unpaired) electrons. The summed E-state index contributed by atoms with van der Waals surface area (Å²) < 4.78 is 42.4. The Hall–Kier alpha value is -1.96. The third-order valence-corrected chi connectivity index (χ3v) is 6.94. The fourth-order valence-electron chi connectivity index (χ4n) is 3.92. The van der Waals surface area contributed by atoms with E-state index >= 15 is 0 Å². The van der Waals surface area contributed by atoms with E-state index in [0.29, 0.717) is 23.4 Å². The van der Waals surface area contributed by atoms with Crippen molar-refractivity contribution >= 4 is 46.4 Å². The van der Waals surface area contributed by atoms with Crippen molar-refractivity contribution in [3.8, 4) is 0 Å². The van der Waals surface area contributed by atoms with E-state index in [9.17, 15) is 18.0 Å². The number of oxime groups is 1. The summed E-state index contributed by atoms with van der Waals surface area (Å²) in [4.78, 5) is 16.6. The summed E-state index contributed by atoms with van der Waals surface area (Å²) in [7, 11) is 0. The molecule has 170 valence electrons. The molecule has 2 N–H and O–H groups in total. The Kier molecular flexibility index (Phi) is 5.89. The van der Waals surface area contributed by atoms with Gasteiger partial charge in [-0.15, -0.1) is 0 Å². The Balaban J connectivity index is 1.57. The number of primary amides is 1. The Morgan fingerprint density at radius 2 is 1.75 bits per heavy atom. The molecule has 0 aromatic heterocycles. The second-order valence-electron chi connectivity index (χ2n) is 8.24. The van der Waals surface area contributed by atoms with Crippen molar-refractivity contribution in [2.45, 2.75) is 43.9 Å². The van der Waals surface area contributed by atoms with E-state index in [1.54, 1.807) is 18.2 Å². The lowest BCUT2D eigenvalue weighted by atomic mass is 9.86. The summed E-state index contributed by atoms with van der Waals surface area (Å²) >= 11 is 18.2. The van der Waals surface area contributed by atoms with Crippen molar-refractivity contribution in [2.24, 2.45) is 16.3 Å². The summed E-state index contributed by atoms with van der Waals surface area (Å²) in [6.07, 6.45) is -2.69. The molecule has 1 saturated carbocycles. The Labute approximate surface area is 197 Å². The number of nitrogens with two attached hydrogens (primary N) is 1. The van der Waals surface area contributed by atoms with Crippen LogP contribution >= 0.6 is 34.8 Å². The van der Waals surface area contributed by atoms with Crippen LogP contribution < -0.4 is 5.73 Å². The number of benzene rings is 2. The summed E-state index contributed by atoms with van der Waals surface area (Å²) in [5, 5.41) is 4.24. The molecule has 1 atom stereocenters. The number of halogens is 6. The summed E-state index contributed by atoms with van der Waals surface area (Å²) in [5.74, 6) is -0.313. The number of aryl methyl sites for hydroxylation is 1. The van der Waals surface area contributed by atoms with Crippen LogP contribution in [0.5, 0.6) is 0 Å². The molecule has 4 rings (SSSR count). The van der Waals surface area contributed by atoms with Gasteiger partial charge in [-0.3, -0.25) is 4.79 Å². The van der Waals surface area contributed by atoms with Gasteiger partial charge in [-0.05, 0) is 55.5 Å². The molecule has 0 saturated heterocycles. The molecule has 1 fully saturated rings. The van der Waals surface area contributed by atoms with Gasteiger partial charge in [0, 0.05) is 38.0 Å². The lowest BCUT2D eigenvalue weighted by Gasteiger charge is -2.29. The number of carbonyl (C=O) groups is 1. The Bertz CT molecular complexity index is 1100. The number of rotatable bonds is 6. The molecule has 32 heavy (non-hydrogen) atoms. The number of carbonyl (C=O) groups excluding carboxylic acids is 1. The quantitative estimate of drug-likeness (QED) is 0.492. The van der Waals surface area contributed by atoms with Gasteiger partial charge in [0.2, 0.25) is 5.91 Å². The van der Waals surface area contributed by atoms with Crippen LogP contribution in [0, 0.1) is 5.41 Å². The molecule has 4 nitrogen and oxygen atoms in total. The van der Waals surface area contributed by atoms with E-state index in [1.807, 2.05) is 0 Å². The standard InChI is InChI=1S/C22H18Cl3F3N2O2/c23-15-8-14(9-16(24)10-15)21(22(26,27)28)11-18(30-32-21)13-2-1-12(17(25)7-13)3-4-20(5-6-20)19(29)31/h1-2,7-10H,3-6,11H2,(H2,29,31). The van der Waals surface area contributed by atoms with Crippen LogP contribution in [0.25, 0.3) is 0 Å². The molecule has 1 unspecified atom stereocenters. The largest absolute Gasteiger partial charge is 0.435 e. The first-order valence-corrected chi connectivity index (χ1v) is 11.0. The summed E-state index contributed by atoms with van der Waals surface area (Å²) in [6, 6.07) is 8.60. The van der Waals surface area contributed by atoms with Gasteiger partial charge < -0.3 is 10.6 Å². The smallest absolute Gasteiger partial charge is 0.374 e. The third-order valence-electron chi connectivity index (χ3n) is 6.15. The number of hydrogen-bond acceptors (Lipinski definition) is 3. The molecule has 1 heterocycles. The van der Waals surface area contributed by atoms with Crippen LogP contribution in [-0.4, -0.2) is 17.8 Å². The highest BCUT2D eigenvalue weighted by molar-refractivity contribution is 6.34. The van der Waals surface area contributed by atoms with E-state index in [4.69, 9.17) is 45.4 Å². The Morgan fingerprint density at radius 3 is 2.28 bits per heavy atom. The highest BCUT2D eigenvalue weighted by Gasteiger charge is 2.62. The van der Waals surface area contributed by atoms with Gasteiger partial charge in [0.25, 0.3) is 5.60 Å². The lowest BCUT2D eigenvalue weighted by Crippen LogP contribution is -2.42. The molecular formula is C22H18Cl3F3N2O2. The van der Waals surface area contributed by atoms with E-state index in [0.717, 1.165) is 18.4 Å². The zero-order chi connectivity index (χ0) is 23.3. The molecule has 1 aliphatic carbocycles. The maximum Gasteiger partial charge on any atom is 0.435 e. The molecule has 2 aromatic rings. The zero-order valence-corrected chi connectivity index (χ0v) is 18.9. The van der Waals surface area contributed by atoms with Crippen molar-refractivity contribution in [1.82, 2.24) is 0 Å². The first-order chi connectivity index (χ1) is 15.0. The van der Waals surface area contributed by atoms with Gasteiger partial charge in [-0.2, -0.15) is 13.2 Å². The molecule has 2 aliphatic rings. The predicted octanol–water partition coefficient (Wildman–Crippen LogP) is 6.43. The van der Waals surface area contributed by atoms with Crippen LogP contribution in [0.2, 0.25) is 15.1 Å². The van der Waals surface area contributed by atoms with Crippen molar-refractivity contribution in [1.29, 1.82) is 0 Å². The maximum atomic E-state index is 14.1. The van der Waals surface area contributed by atoms with Gasteiger partial charge in [0.15, 0.2) is 0 Å². The van der Waals surface area contributed by atoms with Gasteiger partial charge in [-0.1, -0.05) is 52.1 Å². The highest BCUT2D eigenvalue weighted by Crippen LogP contribution is 2.51. The maximum absolute atomic E-state index is 14.1. The molecule has 1 aliphatic heterocycles. The average molecular weight is 506 g/mol. The third kappa shape index (κ3) is 4.18. The molecule has 0 bridgehead atoms. The lowest BCUT2D eigenvalue weighted by molar-refractivity contribution is -0.275. The second-order valence-corrected chi connectivity index (χ2v) is 9.52. The highest BCUT2D eigenvalue weighted by atomic mass is 35.5.